The molecular weight excluding hydrogens is 820 g/mol. The van der Waals surface area contributed by atoms with Gasteiger partial charge < -0.3 is 0 Å². The summed E-state index contributed by atoms with van der Waals surface area (Å²) in [4.78, 5) is 0. The normalized spacial score (nSPS) is 13.3. The van der Waals surface area contributed by atoms with Crippen LogP contribution < -0.4 is 0 Å². The van der Waals surface area contributed by atoms with Gasteiger partial charge in [-0.1, -0.05) is 216 Å². The maximum atomic E-state index is 12.5. The molecule has 6 rings (SSSR count). The summed E-state index contributed by atoms with van der Waals surface area (Å²) < 4.78 is 107. The summed E-state index contributed by atoms with van der Waals surface area (Å²) in [6.45, 7) is 27.0. The zero-order valence-electron chi connectivity index (χ0n) is 39.8. The van der Waals surface area contributed by atoms with Gasteiger partial charge in [-0.25, -0.2) is 0 Å². The first-order chi connectivity index (χ1) is 28.5. The average molecular weight is 889 g/mol. The van der Waals surface area contributed by atoms with Crippen molar-refractivity contribution in [2.45, 2.75) is 139 Å². The molecule has 63 heavy (non-hydrogen) atoms. The van der Waals surface area contributed by atoms with E-state index in [1.807, 2.05) is 0 Å². The van der Waals surface area contributed by atoms with E-state index in [0.717, 1.165) is 5.92 Å². The predicted molar refractivity (Wildman–Crippen MR) is 246 cm³/mol. The topological polar surface area (TPSA) is 0 Å². The third-order valence-corrected chi connectivity index (χ3v) is 10.1. The molecule has 0 atom stereocenters. The number of hydrogen-bond donors (Lipinski definition) is 0. The molecule has 0 aliphatic heterocycles. The highest BCUT2D eigenvalue weighted by Gasteiger charge is 2.64. The van der Waals surface area contributed by atoms with E-state index < -0.39 is 29.4 Å². The van der Waals surface area contributed by atoms with Crippen molar-refractivity contribution in [1.29, 1.82) is 0 Å². The Balaban J connectivity index is 0.000000397. The minimum atomic E-state index is -5.24. The summed E-state index contributed by atoms with van der Waals surface area (Å²) in [5, 5.41) is 0. The van der Waals surface area contributed by atoms with Gasteiger partial charge in [0.25, 0.3) is 0 Å². The summed E-state index contributed by atoms with van der Waals surface area (Å²) in [7, 11) is 0. The van der Waals surface area contributed by atoms with Crippen LogP contribution in [0.15, 0.2) is 140 Å². The molecule has 0 saturated heterocycles. The van der Waals surface area contributed by atoms with Crippen LogP contribution in [0, 0.1) is 16.7 Å². The minimum absolute atomic E-state index is 0.0858. The number of fused-ring (bicyclic) bond motifs is 3. The van der Waals surface area contributed by atoms with Gasteiger partial charge in [0.1, 0.15) is 0 Å². The summed E-state index contributed by atoms with van der Waals surface area (Å²) in [6.07, 6.45) is -14.7. The molecule has 0 heterocycles. The summed E-state index contributed by atoms with van der Waals surface area (Å²) in [5.74, 6) is 0.833. The van der Waals surface area contributed by atoms with Crippen LogP contribution in [0.25, 0.3) is 11.1 Å². The van der Waals surface area contributed by atoms with Gasteiger partial charge in [-0.05, 0) is 78.0 Å². The second-order valence-electron chi connectivity index (χ2n) is 19.9. The molecule has 1 aliphatic carbocycles. The third kappa shape index (κ3) is 16.8. The van der Waals surface area contributed by atoms with Crippen molar-refractivity contribution in [1.82, 2.24) is 0 Å². The highest BCUT2D eigenvalue weighted by Crippen LogP contribution is 2.50. The van der Waals surface area contributed by atoms with Crippen molar-refractivity contribution in [2.24, 2.45) is 16.7 Å². The zero-order chi connectivity index (χ0) is 48.9. The van der Waals surface area contributed by atoms with Gasteiger partial charge in [-0.2, -0.15) is 39.5 Å². The molecule has 5 aromatic rings. The molecule has 9 heteroatoms. The number of rotatable bonds is 3. The minimum Gasteiger partial charge on any atom is -0.170 e. The number of benzene rings is 5. The van der Waals surface area contributed by atoms with Crippen LogP contribution in [-0.4, -0.2) is 18.5 Å². The molecule has 0 spiro atoms. The monoisotopic (exact) mass is 889 g/mol. The highest BCUT2D eigenvalue weighted by molar-refractivity contribution is 5.80. The van der Waals surface area contributed by atoms with Crippen molar-refractivity contribution >= 4 is 0 Å². The van der Waals surface area contributed by atoms with Gasteiger partial charge in [-0.15, -0.1) is 0 Å². The van der Waals surface area contributed by atoms with Crippen LogP contribution in [0.2, 0.25) is 0 Å². The van der Waals surface area contributed by atoms with Gasteiger partial charge >= 0.3 is 18.5 Å². The first-order valence-corrected chi connectivity index (χ1v) is 21.1. The van der Waals surface area contributed by atoms with Crippen molar-refractivity contribution in [3.05, 3.63) is 167 Å². The SMILES string of the molecule is CC(C)(C(F)(F)F)C(F)(F)F.CC(C)(C)C.CC(C)(c1ccccc1)C(F)(F)F.CC(C)(c1ccccc1)c1ccccc1.CC(C)C.CC1(C)c2ccccc2-c2ccccc21. The van der Waals surface area contributed by atoms with Gasteiger partial charge in [0.05, 0.1) is 5.41 Å². The van der Waals surface area contributed by atoms with Crippen molar-refractivity contribution in [3.8, 4) is 11.1 Å². The van der Waals surface area contributed by atoms with Gasteiger partial charge in [0, 0.05) is 10.8 Å². The lowest BCUT2D eigenvalue weighted by molar-refractivity contribution is -0.327. The van der Waals surface area contributed by atoms with Crippen LogP contribution in [0.3, 0.4) is 0 Å². The number of halogens is 9. The Bertz CT molecular complexity index is 1930. The molecule has 0 aromatic heterocycles. The predicted octanol–water partition coefficient (Wildman–Crippen LogP) is 18.4. The second-order valence-corrected chi connectivity index (χ2v) is 19.9. The zero-order valence-corrected chi connectivity index (χ0v) is 39.8. The Hall–Kier alpha value is -4.53. The number of hydrogen-bond acceptors (Lipinski definition) is 0. The molecule has 0 saturated carbocycles. The average Bonchev–Trinajstić information content (AvgIpc) is 3.40. The molecular formula is C54H69F9. The Morgan fingerprint density at radius 2 is 0.603 bits per heavy atom. The van der Waals surface area contributed by atoms with Crippen LogP contribution in [0.4, 0.5) is 39.5 Å². The van der Waals surface area contributed by atoms with E-state index in [1.165, 1.54) is 59.4 Å². The fourth-order valence-corrected chi connectivity index (χ4v) is 5.73. The van der Waals surface area contributed by atoms with E-state index in [-0.39, 0.29) is 24.7 Å². The maximum Gasteiger partial charge on any atom is 0.402 e. The van der Waals surface area contributed by atoms with Crippen molar-refractivity contribution in [3.63, 3.8) is 0 Å². The fraction of sp³-hybridized carbons (Fsp3) is 0.444. The lowest BCUT2D eigenvalue weighted by Crippen LogP contribution is -2.44. The standard InChI is InChI=1S/C15H14.C15H16.C10H11F3.C5H6F6.C5H12.C4H10/c1-15(2)13-9-5-3-7-11(13)12-8-4-6-10-14(12)15;1-15(2,13-9-5-3-6-10-13)14-11-7-4-8-12-14;1-9(2,10(11,12)13)8-6-4-3-5-7-8;1-3(2,4(6,7)8)5(9,10)11;1-5(2,3)4;1-4(2)3/h3-10H,1-2H3;3-12H,1-2H3;3-7H,1-2H3;1-2H3;1-4H3;4H,1-3H3. The van der Waals surface area contributed by atoms with Crippen molar-refractivity contribution < 1.29 is 39.5 Å². The molecule has 348 valence electrons. The van der Waals surface area contributed by atoms with E-state index >= 15 is 0 Å². The molecule has 0 bridgehead atoms. The lowest BCUT2D eigenvalue weighted by atomic mass is 9.78. The molecule has 0 radical (unpaired) electrons. The largest absolute Gasteiger partial charge is 0.402 e. The molecule has 1 aliphatic rings. The van der Waals surface area contributed by atoms with Crippen LogP contribution in [0.1, 0.15) is 132 Å². The third-order valence-electron chi connectivity index (χ3n) is 10.1. The van der Waals surface area contributed by atoms with E-state index in [2.05, 4.69) is 185 Å². The van der Waals surface area contributed by atoms with Crippen molar-refractivity contribution in [2.75, 3.05) is 0 Å². The molecule has 0 fully saturated rings. The van der Waals surface area contributed by atoms with Gasteiger partial charge in [0.15, 0.2) is 5.41 Å². The second kappa shape index (κ2) is 22.4. The molecule has 0 nitrogen and oxygen atoms in total. The smallest absolute Gasteiger partial charge is 0.170 e. The van der Waals surface area contributed by atoms with Gasteiger partial charge in [0.2, 0.25) is 0 Å². The summed E-state index contributed by atoms with van der Waals surface area (Å²) in [6, 6.07) is 46.6. The van der Waals surface area contributed by atoms with E-state index in [4.69, 9.17) is 0 Å². The van der Waals surface area contributed by atoms with E-state index in [9.17, 15) is 39.5 Å². The Morgan fingerprint density at radius 1 is 0.365 bits per heavy atom. The number of alkyl halides is 9. The first kappa shape index (κ1) is 56.5. The summed E-state index contributed by atoms with van der Waals surface area (Å²) in [5.41, 5.74) is 4.06. The van der Waals surface area contributed by atoms with Crippen LogP contribution >= 0.6 is 0 Å². The van der Waals surface area contributed by atoms with Gasteiger partial charge in [-0.3, -0.25) is 0 Å². The molecule has 0 amide bonds. The maximum absolute atomic E-state index is 12.5. The molecule has 5 aromatic carbocycles. The molecule has 0 unspecified atom stereocenters. The Kier molecular flexibility index (Phi) is 20.1. The molecule has 0 N–H and O–H groups in total. The van der Waals surface area contributed by atoms with Crippen LogP contribution in [-0.2, 0) is 16.2 Å². The Morgan fingerprint density at radius 3 is 0.841 bits per heavy atom. The fourth-order valence-electron chi connectivity index (χ4n) is 5.73. The summed E-state index contributed by atoms with van der Waals surface area (Å²) >= 11 is 0. The van der Waals surface area contributed by atoms with Crippen LogP contribution in [0.5, 0.6) is 0 Å². The highest BCUT2D eigenvalue weighted by atomic mass is 19.4. The lowest BCUT2D eigenvalue weighted by Gasteiger charge is -2.29. The van der Waals surface area contributed by atoms with E-state index in [1.54, 1.807) is 18.2 Å². The van der Waals surface area contributed by atoms with E-state index in [0.29, 0.717) is 11.0 Å². The Labute approximate surface area is 372 Å². The quantitative estimate of drug-likeness (QED) is 0.158. The first-order valence-electron chi connectivity index (χ1n) is 21.1.